The van der Waals surface area contributed by atoms with E-state index in [0.717, 1.165) is 33.3 Å². The van der Waals surface area contributed by atoms with Crippen LogP contribution in [0.15, 0.2) is 51.9 Å². The molecular weight excluding hydrogens is 358 g/mol. The third kappa shape index (κ3) is 3.66. The number of carbonyl (C=O) groups is 1. The van der Waals surface area contributed by atoms with Crippen molar-refractivity contribution < 1.29 is 9.21 Å². The lowest BCUT2D eigenvalue weighted by Crippen LogP contribution is -2.14. The SMILES string of the molecule is Cc1cc(C)cc(NC(=O)CSc2nc(C)nc3c2oc2ccccc23)c1. The van der Waals surface area contributed by atoms with Gasteiger partial charge in [-0.25, -0.2) is 9.97 Å². The van der Waals surface area contributed by atoms with Crippen LogP contribution < -0.4 is 5.32 Å². The van der Waals surface area contributed by atoms with E-state index in [9.17, 15) is 4.79 Å². The van der Waals surface area contributed by atoms with Crippen molar-refractivity contribution in [1.29, 1.82) is 0 Å². The van der Waals surface area contributed by atoms with Gasteiger partial charge in [-0.15, -0.1) is 0 Å². The fraction of sp³-hybridized carbons (Fsp3) is 0.190. The van der Waals surface area contributed by atoms with Crippen LogP contribution in [-0.2, 0) is 4.79 Å². The molecule has 4 rings (SSSR count). The molecule has 0 bridgehead atoms. The van der Waals surface area contributed by atoms with E-state index in [-0.39, 0.29) is 11.7 Å². The highest BCUT2D eigenvalue weighted by Gasteiger charge is 2.16. The molecule has 2 aromatic carbocycles. The zero-order chi connectivity index (χ0) is 19.0. The Morgan fingerprint density at radius 1 is 1.07 bits per heavy atom. The Bertz CT molecular complexity index is 1150. The maximum absolute atomic E-state index is 12.4. The third-order valence-electron chi connectivity index (χ3n) is 4.15. The molecule has 2 aromatic heterocycles. The number of thioether (sulfide) groups is 1. The van der Waals surface area contributed by atoms with Gasteiger partial charge in [-0.3, -0.25) is 4.79 Å². The topological polar surface area (TPSA) is 68.0 Å². The van der Waals surface area contributed by atoms with Gasteiger partial charge in [0.15, 0.2) is 5.58 Å². The largest absolute Gasteiger partial charge is 0.451 e. The van der Waals surface area contributed by atoms with E-state index >= 15 is 0 Å². The van der Waals surface area contributed by atoms with Crippen LogP contribution in [0.3, 0.4) is 0 Å². The first-order valence-corrected chi connectivity index (χ1v) is 9.65. The summed E-state index contributed by atoms with van der Waals surface area (Å²) < 4.78 is 5.94. The maximum Gasteiger partial charge on any atom is 0.234 e. The first-order chi connectivity index (χ1) is 13.0. The lowest BCUT2D eigenvalue weighted by molar-refractivity contribution is -0.113. The molecule has 27 heavy (non-hydrogen) atoms. The van der Waals surface area contributed by atoms with Crippen LogP contribution >= 0.6 is 11.8 Å². The van der Waals surface area contributed by atoms with E-state index in [2.05, 4.69) is 21.4 Å². The number of aromatic nitrogens is 2. The molecular formula is C21H19N3O2S. The highest BCUT2D eigenvalue weighted by Crippen LogP contribution is 2.33. The Labute approximate surface area is 161 Å². The van der Waals surface area contributed by atoms with Crippen molar-refractivity contribution in [3.63, 3.8) is 0 Å². The number of benzene rings is 2. The first kappa shape index (κ1) is 17.5. The van der Waals surface area contributed by atoms with Crippen LogP contribution in [0.25, 0.3) is 22.1 Å². The van der Waals surface area contributed by atoms with Gasteiger partial charge in [0.2, 0.25) is 5.91 Å². The summed E-state index contributed by atoms with van der Waals surface area (Å²) in [7, 11) is 0. The van der Waals surface area contributed by atoms with Crippen molar-refractivity contribution in [2.75, 3.05) is 11.1 Å². The molecule has 0 saturated carbocycles. The molecule has 0 atom stereocenters. The summed E-state index contributed by atoms with van der Waals surface area (Å²) in [4.78, 5) is 21.4. The Morgan fingerprint density at radius 3 is 2.59 bits per heavy atom. The minimum absolute atomic E-state index is 0.0782. The number of fused-ring (bicyclic) bond motifs is 3. The molecule has 5 nitrogen and oxygen atoms in total. The van der Waals surface area contributed by atoms with E-state index in [1.807, 2.05) is 57.2 Å². The van der Waals surface area contributed by atoms with Gasteiger partial charge in [-0.05, 0) is 56.2 Å². The lowest BCUT2D eigenvalue weighted by Gasteiger charge is -2.07. The van der Waals surface area contributed by atoms with Gasteiger partial charge in [0, 0.05) is 11.1 Å². The number of para-hydroxylation sites is 1. The predicted molar refractivity (Wildman–Crippen MR) is 109 cm³/mol. The van der Waals surface area contributed by atoms with Crippen molar-refractivity contribution in [3.8, 4) is 0 Å². The number of nitrogens with one attached hydrogen (secondary N) is 1. The fourth-order valence-electron chi connectivity index (χ4n) is 3.15. The molecule has 6 heteroatoms. The average Bonchev–Trinajstić information content (AvgIpc) is 2.97. The number of aryl methyl sites for hydroxylation is 3. The minimum Gasteiger partial charge on any atom is -0.451 e. The maximum atomic E-state index is 12.4. The van der Waals surface area contributed by atoms with Gasteiger partial charge in [0.05, 0.1) is 5.75 Å². The predicted octanol–water partition coefficient (Wildman–Crippen LogP) is 5.03. The molecule has 0 aliphatic rings. The van der Waals surface area contributed by atoms with Crippen molar-refractivity contribution in [3.05, 3.63) is 59.4 Å². The molecule has 0 spiro atoms. The molecule has 0 aliphatic heterocycles. The van der Waals surface area contributed by atoms with Gasteiger partial charge < -0.3 is 9.73 Å². The van der Waals surface area contributed by atoms with E-state index in [1.165, 1.54) is 11.8 Å². The Balaban J connectivity index is 1.57. The second-order valence-electron chi connectivity index (χ2n) is 6.57. The van der Waals surface area contributed by atoms with Crippen molar-refractivity contribution in [1.82, 2.24) is 9.97 Å². The van der Waals surface area contributed by atoms with E-state index in [0.29, 0.717) is 16.4 Å². The average molecular weight is 377 g/mol. The summed E-state index contributed by atoms with van der Waals surface area (Å²) in [5.74, 6) is 0.826. The zero-order valence-electron chi connectivity index (χ0n) is 15.4. The van der Waals surface area contributed by atoms with Crippen molar-refractivity contribution in [2.45, 2.75) is 25.8 Å². The smallest absolute Gasteiger partial charge is 0.234 e. The van der Waals surface area contributed by atoms with Crippen LogP contribution in [0, 0.1) is 20.8 Å². The second-order valence-corrected chi connectivity index (χ2v) is 7.53. The number of hydrogen-bond acceptors (Lipinski definition) is 5. The number of carbonyl (C=O) groups excluding carboxylic acids is 1. The summed E-state index contributed by atoms with van der Waals surface area (Å²) in [6.45, 7) is 5.87. The minimum atomic E-state index is -0.0782. The number of amides is 1. The highest BCUT2D eigenvalue weighted by molar-refractivity contribution is 8.00. The molecule has 136 valence electrons. The molecule has 1 N–H and O–H groups in total. The Hall–Kier alpha value is -2.86. The monoisotopic (exact) mass is 377 g/mol. The van der Waals surface area contributed by atoms with Crippen LogP contribution in [0.1, 0.15) is 17.0 Å². The summed E-state index contributed by atoms with van der Waals surface area (Å²) >= 11 is 1.36. The van der Waals surface area contributed by atoms with Crippen LogP contribution in [0.2, 0.25) is 0 Å². The van der Waals surface area contributed by atoms with Crippen molar-refractivity contribution in [2.24, 2.45) is 0 Å². The summed E-state index contributed by atoms with van der Waals surface area (Å²) in [6.07, 6.45) is 0. The number of anilines is 1. The molecule has 1 amide bonds. The second kappa shape index (κ2) is 7.04. The highest BCUT2D eigenvalue weighted by atomic mass is 32.2. The van der Waals surface area contributed by atoms with Gasteiger partial charge in [0.1, 0.15) is 22.0 Å². The van der Waals surface area contributed by atoms with Crippen LogP contribution in [0.5, 0.6) is 0 Å². The summed E-state index contributed by atoms with van der Waals surface area (Å²) in [5, 5.41) is 4.59. The van der Waals surface area contributed by atoms with Crippen LogP contribution in [0.4, 0.5) is 5.69 Å². The van der Waals surface area contributed by atoms with Gasteiger partial charge >= 0.3 is 0 Å². The molecule has 0 unspecified atom stereocenters. The lowest BCUT2D eigenvalue weighted by atomic mass is 10.1. The molecule has 0 fully saturated rings. The number of furan rings is 1. The third-order valence-corrected chi connectivity index (χ3v) is 5.10. The number of hydrogen-bond donors (Lipinski definition) is 1. The number of rotatable bonds is 4. The normalized spacial score (nSPS) is 11.2. The quantitative estimate of drug-likeness (QED) is 0.399. The standard InChI is InChI=1S/C21H19N3O2S/c1-12-8-13(2)10-15(9-12)24-18(25)11-27-21-20-19(22-14(3)23-21)16-6-4-5-7-17(16)26-20/h4-10H,11H2,1-3H3,(H,24,25). The van der Waals surface area contributed by atoms with Crippen molar-refractivity contribution >= 4 is 45.4 Å². The van der Waals surface area contributed by atoms with Gasteiger partial charge in [0.25, 0.3) is 0 Å². The number of nitrogens with zero attached hydrogens (tertiary/aromatic N) is 2. The first-order valence-electron chi connectivity index (χ1n) is 8.66. The Kier molecular flexibility index (Phi) is 4.58. The molecule has 0 aliphatic carbocycles. The summed E-state index contributed by atoms with van der Waals surface area (Å²) in [6, 6.07) is 13.8. The van der Waals surface area contributed by atoms with E-state index in [1.54, 1.807) is 0 Å². The van der Waals surface area contributed by atoms with Gasteiger partial charge in [-0.1, -0.05) is 30.0 Å². The van der Waals surface area contributed by atoms with Gasteiger partial charge in [-0.2, -0.15) is 0 Å². The zero-order valence-corrected chi connectivity index (χ0v) is 16.2. The molecule has 2 heterocycles. The molecule has 0 saturated heterocycles. The molecule has 4 aromatic rings. The molecule has 0 radical (unpaired) electrons. The Morgan fingerprint density at radius 2 is 1.81 bits per heavy atom. The van der Waals surface area contributed by atoms with E-state index in [4.69, 9.17) is 4.42 Å². The van der Waals surface area contributed by atoms with E-state index < -0.39 is 0 Å². The van der Waals surface area contributed by atoms with Crippen LogP contribution in [-0.4, -0.2) is 21.6 Å². The fourth-order valence-corrected chi connectivity index (χ4v) is 3.95. The summed E-state index contributed by atoms with van der Waals surface area (Å²) in [5.41, 5.74) is 5.24.